The summed E-state index contributed by atoms with van der Waals surface area (Å²) < 4.78 is 31.7. The third kappa shape index (κ3) is 4.18. The largest absolute Gasteiger partial charge is 0.478 e. The number of hydrogen-bond acceptors (Lipinski definition) is 6. The Morgan fingerprint density at radius 3 is 1.94 bits per heavy atom. The van der Waals surface area contributed by atoms with Crippen molar-refractivity contribution in [3.8, 4) is 0 Å². The van der Waals surface area contributed by atoms with Crippen molar-refractivity contribution >= 4 is 22.3 Å². The van der Waals surface area contributed by atoms with Crippen LogP contribution in [0.1, 0.15) is 20.7 Å². The van der Waals surface area contributed by atoms with Crippen LogP contribution in [0.5, 0.6) is 0 Å². The molecule has 0 fully saturated rings. The van der Waals surface area contributed by atoms with Gasteiger partial charge in [-0.2, -0.15) is 8.42 Å². The first-order valence-electron chi connectivity index (χ1n) is 4.01. The molecule has 1 rings (SSSR count). The number of carboxylic acid groups (broad SMARTS) is 1. The summed E-state index contributed by atoms with van der Waals surface area (Å²) in [6.45, 7) is 0. The SMILES string of the molecule is O=C(O)c1ccc(C(=O)OOS(=O)(=O)O)cc1. The van der Waals surface area contributed by atoms with E-state index in [4.69, 9.17) is 9.66 Å². The average molecular weight is 262 g/mol. The Balaban J connectivity index is 2.74. The molecule has 0 amide bonds. The highest BCUT2D eigenvalue weighted by atomic mass is 32.3. The molecule has 0 atom stereocenters. The van der Waals surface area contributed by atoms with Crippen LogP contribution in [0, 0.1) is 0 Å². The van der Waals surface area contributed by atoms with Crippen LogP contribution in [-0.2, 0) is 19.6 Å². The molecule has 0 aliphatic rings. The summed E-state index contributed by atoms with van der Waals surface area (Å²) in [5.74, 6) is -2.38. The molecule has 0 aliphatic heterocycles. The Labute approximate surface area is 95.3 Å². The van der Waals surface area contributed by atoms with Gasteiger partial charge in [-0.3, -0.25) is 9.44 Å². The molecule has 0 radical (unpaired) electrons. The predicted molar refractivity (Wildman–Crippen MR) is 51.5 cm³/mol. The summed E-state index contributed by atoms with van der Waals surface area (Å²) in [7, 11) is -4.89. The maximum Gasteiger partial charge on any atom is 0.432 e. The van der Waals surface area contributed by atoms with Crippen molar-refractivity contribution in [1.82, 2.24) is 0 Å². The number of carboxylic acids is 1. The predicted octanol–water partition coefficient (Wildman–Crippen LogP) is 0.276. The van der Waals surface area contributed by atoms with Crippen LogP contribution in [0.25, 0.3) is 0 Å². The molecular weight excluding hydrogens is 256 g/mol. The van der Waals surface area contributed by atoms with Gasteiger partial charge in [-0.05, 0) is 28.6 Å². The lowest BCUT2D eigenvalue weighted by molar-refractivity contribution is -0.151. The van der Waals surface area contributed by atoms with Gasteiger partial charge in [0.1, 0.15) is 0 Å². The van der Waals surface area contributed by atoms with Gasteiger partial charge in [-0.15, -0.1) is 0 Å². The Hall–Kier alpha value is -1.97. The lowest BCUT2D eigenvalue weighted by Crippen LogP contribution is -2.11. The second kappa shape index (κ2) is 4.91. The van der Waals surface area contributed by atoms with Crippen LogP contribution in [0.3, 0.4) is 0 Å². The topological polar surface area (TPSA) is 127 Å². The molecule has 0 aromatic heterocycles. The molecule has 92 valence electrons. The van der Waals surface area contributed by atoms with E-state index >= 15 is 0 Å². The fourth-order valence-electron chi connectivity index (χ4n) is 0.871. The van der Waals surface area contributed by atoms with Crippen molar-refractivity contribution < 1.29 is 36.9 Å². The summed E-state index contributed by atoms with van der Waals surface area (Å²) in [6, 6.07) is 4.43. The summed E-state index contributed by atoms with van der Waals surface area (Å²) in [5.41, 5.74) is -0.198. The number of hydrogen-bond donors (Lipinski definition) is 2. The average Bonchev–Trinajstić information content (AvgIpc) is 2.25. The molecule has 0 spiro atoms. The highest BCUT2D eigenvalue weighted by Crippen LogP contribution is 2.06. The minimum absolute atomic E-state index is 0.0581. The molecule has 0 saturated carbocycles. The van der Waals surface area contributed by atoms with Crippen LogP contribution < -0.4 is 0 Å². The third-order valence-corrected chi connectivity index (χ3v) is 1.80. The maximum absolute atomic E-state index is 11.1. The van der Waals surface area contributed by atoms with Gasteiger partial charge in [-0.25, -0.2) is 9.59 Å². The van der Waals surface area contributed by atoms with E-state index in [1.54, 1.807) is 0 Å². The summed E-state index contributed by atoms with van der Waals surface area (Å²) in [6.07, 6.45) is 0. The Morgan fingerprint density at radius 2 is 1.53 bits per heavy atom. The molecule has 0 aliphatic carbocycles. The minimum Gasteiger partial charge on any atom is -0.478 e. The van der Waals surface area contributed by atoms with Crippen LogP contribution in [0.15, 0.2) is 24.3 Å². The Morgan fingerprint density at radius 1 is 1.06 bits per heavy atom. The van der Waals surface area contributed by atoms with Gasteiger partial charge in [-0.1, -0.05) is 0 Å². The highest BCUT2D eigenvalue weighted by Gasteiger charge is 2.14. The van der Waals surface area contributed by atoms with Crippen molar-refractivity contribution in [2.45, 2.75) is 0 Å². The number of aromatic carboxylic acids is 1. The number of carbonyl (C=O) groups excluding carboxylic acids is 1. The molecule has 17 heavy (non-hydrogen) atoms. The van der Waals surface area contributed by atoms with Crippen molar-refractivity contribution in [1.29, 1.82) is 0 Å². The van der Waals surface area contributed by atoms with Crippen molar-refractivity contribution in [2.75, 3.05) is 0 Å². The number of benzene rings is 1. The fourth-order valence-corrected chi connectivity index (χ4v) is 1.02. The van der Waals surface area contributed by atoms with E-state index in [0.717, 1.165) is 24.3 Å². The lowest BCUT2D eigenvalue weighted by Gasteiger charge is -2.00. The quantitative estimate of drug-likeness (QED) is 0.449. The van der Waals surface area contributed by atoms with Gasteiger partial charge >= 0.3 is 22.3 Å². The van der Waals surface area contributed by atoms with Crippen molar-refractivity contribution in [3.05, 3.63) is 35.4 Å². The van der Waals surface area contributed by atoms with Gasteiger partial charge in [0.2, 0.25) is 0 Å². The van der Waals surface area contributed by atoms with E-state index in [1.807, 2.05) is 0 Å². The molecule has 0 heterocycles. The van der Waals surface area contributed by atoms with Crippen LogP contribution in [0.4, 0.5) is 0 Å². The second-order valence-corrected chi connectivity index (χ2v) is 3.74. The monoisotopic (exact) mass is 262 g/mol. The molecule has 8 nitrogen and oxygen atoms in total. The zero-order valence-corrected chi connectivity index (χ0v) is 8.88. The normalized spacial score (nSPS) is 10.9. The first-order valence-corrected chi connectivity index (χ1v) is 5.37. The first kappa shape index (κ1) is 13.1. The summed E-state index contributed by atoms with van der Waals surface area (Å²) in [4.78, 5) is 25.4. The fraction of sp³-hybridized carbons (Fsp3) is 0. The molecule has 9 heteroatoms. The van der Waals surface area contributed by atoms with E-state index in [0.29, 0.717) is 0 Å². The maximum atomic E-state index is 11.1. The molecule has 0 bridgehead atoms. The van der Waals surface area contributed by atoms with E-state index < -0.39 is 22.3 Å². The van der Waals surface area contributed by atoms with Crippen LogP contribution in [0.2, 0.25) is 0 Å². The summed E-state index contributed by atoms with van der Waals surface area (Å²) >= 11 is 0. The molecule has 0 unspecified atom stereocenters. The van der Waals surface area contributed by atoms with E-state index in [9.17, 15) is 18.0 Å². The third-order valence-electron chi connectivity index (χ3n) is 1.56. The minimum atomic E-state index is -4.89. The van der Waals surface area contributed by atoms with Gasteiger partial charge in [0.05, 0.1) is 11.1 Å². The van der Waals surface area contributed by atoms with Crippen LogP contribution in [-0.4, -0.2) is 30.0 Å². The van der Waals surface area contributed by atoms with E-state index in [2.05, 4.69) is 9.22 Å². The first-order chi connectivity index (χ1) is 7.79. The van der Waals surface area contributed by atoms with Crippen molar-refractivity contribution in [3.63, 3.8) is 0 Å². The molecular formula is C8H6O8S. The zero-order chi connectivity index (χ0) is 13.1. The smallest absolute Gasteiger partial charge is 0.432 e. The Bertz CT molecular complexity index is 529. The number of rotatable bonds is 4. The Kier molecular flexibility index (Phi) is 3.78. The standard InChI is InChI=1S/C8H6O8S/c9-7(10)5-1-3-6(4-2-5)8(11)15-16-17(12,13)14/h1-4H,(H,9,10)(H,12,13,14). The molecule has 1 aromatic rings. The highest BCUT2D eigenvalue weighted by molar-refractivity contribution is 7.80. The van der Waals surface area contributed by atoms with Crippen LogP contribution >= 0.6 is 0 Å². The van der Waals surface area contributed by atoms with Gasteiger partial charge in [0, 0.05) is 0 Å². The molecule has 2 N–H and O–H groups in total. The summed E-state index contributed by atoms with van der Waals surface area (Å²) in [5, 5.41) is 8.57. The lowest BCUT2D eigenvalue weighted by atomic mass is 10.1. The van der Waals surface area contributed by atoms with E-state index in [1.165, 1.54) is 0 Å². The second-order valence-electron chi connectivity index (χ2n) is 2.75. The van der Waals surface area contributed by atoms with Gasteiger partial charge in [0.25, 0.3) is 0 Å². The van der Waals surface area contributed by atoms with E-state index in [-0.39, 0.29) is 11.1 Å². The van der Waals surface area contributed by atoms with Gasteiger partial charge < -0.3 is 5.11 Å². The van der Waals surface area contributed by atoms with Crippen molar-refractivity contribution in [2.24, 2.45) is 0 Å². The zero-order valence-electron chi connectivity index (χ0n) is 8.06. The molecule has 1 aromatic carbocycles. The number of carbonyl (C=O) groups is 2. The van der Waals surface area contributed by atoms with Gasteiger partial charge in [0.15, 0.2) is 0 Å². The molecule has 0 saturated heterocycles.